The first kappa shape index (κ1) is 14.1. The molecule has 0 spiro atoms. The minimum Gasteiger partial charge on any atom is -0.314 e. The molecule has 0 bridgehead atoms. The van der Waals surface area contributed by atoms with Gasteiger partial charge in [-0.1, -0.05) is 6.07 Å². The number of hydrogen-bond donors (Lipinski definition) is 1. The molecule has 1 aromatic carbocycles. The third kappa shape index (κ3) is 2.68. The molecule has 1 aromatic heterocycles. The number of benzene rings is 1. The number of fused-ring (bicyclic) bond motifs is 1. The SMILES string of the molecule is CC(NC(C)c1nnc2n1CCC2)c1ccc(F)cc1F. The Bertz CT molecular complexity index is 653. The van der Waals surface area contributed by atoms with Crippen molar-refractivity contribution in [3.05, 3.63) is 47.0 Å². The molecule has 112 valence electrons. The van der Waals surface area contributed by atoms with E-state index in [-0.39, 0.29) is 12.1 Å². The first-order valence-electron chi connectivity index (χ1n) is 7.19. The van der Waals surface area contributed by atoms with Crippen LogP contribution in [0.4, 0.5) is 8.78 Å². The van der Waals surface area contributed by atoms with Gasteiger partial charge in [-0.2, -0.15) is 0 Å². The summed E-state index contributed by atoms with van der Waals surface area (Å²) in [6.45, 7) is 4.77. The molecule has 0 saturated carbocycles. The van der Waals surface area contributed by atoms with Crippen molar-refractivity contribution in [2.24, 2.45) is 0 Å². The number of nitrogens with one attached hydrogen (secondary N) is 1. The van der Waals surface area contributed by atoms with E-state index >= 15 is 0 Å². The fraction of sp³-hybridized carbons (Fsp3) is 0.467. The molecule has 3 rings (SSSR count). The molecule has 2 heterocycles. The standard InChI is InChI=1S/C15H18F2N4/c1-9(12-6-5-11(16)8-13(12)17)18-10(2)15-20-19-14-4-3-7-21(14)15/h5-6,8-10,18H,3-4,7H2,1-2H3. The summed E-state index contributed by atoms with van der Waals surface area (Å²) in [6.07, 6.45) is 2.05. The van der Waals surface area contributed by atoms with Crippen molar-refractivity contribution in [1.82, 2.24) is 20.1 Å². The van der Waals surface area contributed by atoms with E-state index in [2.05, 4.69) is 20.1 Å². The van der Waals surface area contributed by atoms with Gasteiger partial charge in [-0.3, -0.25) is 0 Å². The predicted octanol–water partition coefficient (Wildman–Crippen LogP) is 2.91. The van der Waals surface area contributed by atoms with Gasteiger partial charge in [0.05, 0.1) is 6.04 Å². The van der Waals surface area contributed by atoms with Gasteiger partial charge in [0.1, 0.15) is 23.3 Å². The number of halogens is 2. The Hall–Kier alpha value is -1.82. The topological polar surface area (TPSA) is 42.7 Å². The molecule has 6 heteroatoms. The van der Waals surface area contributed by atoms with E-state index < -0.39 is 11.6 Å². The zero-order chi connectivity index (χ0) is 15.0. The molecule has 1 aliphatic heterocycles. The van der Waals surface area contributed by atoms with Crippen molar-refractivity contribution in [1.29, 1.82) is 0 Å². The van der Waals surface area contributed by atoms with E-state index in [0.29, 0.717) is 5.56 Å². The van der Waals surface area contributed by atoms with Crippen LogP contribution in [0, 0.1) is 11.6 Å². The Labute approximate surface area is 122 Å². The molecule has 4 nitrogen and oxygen atoms in total. The van der Waals surface area contributed by atoms with Crippen LogP contribution in [0.2, 0.25) is 0 Å². The van der Waals surface area contributed by atoms with Crippen molar-refractivity contribution in [2.45, 2.75) is 45.3 Å². The maximum absolute atomic E-state index is 13.8. The van der Waals surface area contributed by atoms with E-state index in [1.807, 2.05) is 13.8 Å². The van der Waals surface area contributed by atoms with Crippen LogP contribution in [0.15, 0.2) is 18.2 Å². The summed E-state index contributed by atoms with van der Waals surface area (Å²) in [5, 5.41) is 11.7. The molecule has 0 radical (unpaired) electrons. The summed E-state index contributed by atoms with van der Waals surface area (Å²) in [6, 6.07) is 3.37. The number of hydrogen-bond acceptors (Lipinski definition) is 3. The molecule has 1 aliphatic rings. The largest absolute Gasteiger partial charge is 0.314 e. The fourth-order valence-corrected chi connectivity index (χ4v) is 2.89. The summed E-state index contributed by atoms with van der Waals surface area (Å²) >= 11 is 0. The summed E-state index contributed by atoms with van der Waals surface area (Å²) in [5.74, 6) is 0.789. The van der Waals surface area contributed by atoms with E-state index in [9.17, 15) is 8.78 Å². The minimum atomic E-state index is -0.563. The van der Waals surface area contributed by atoms with Gasteiger partial charge in [-0.25, -0.2) is 8.78 Å². The van der Waals surface area contributed by atoms with Crippen LogP contribution in [0.1, 0.15) is 49.6 Å². The molecule has 21 heavy (non-hydrogen) atoms. The van der Waals surface area contributed by atoms with Crippen LogP contribution in [0.5, 0.6) is 0 Å². The number of rotatable bonds is 4. The van der Waals surface area contributed by atoms with Crippen LogP contribution in [-0.2, 0) is 13.0 Å². The normalized spacial score (nSPS) is 16.8. The van der Waals surface area contributed by atoms with E-state index in [0.717, 1.165) is 37.1 Å². The van der Waals surface area contributed by atoms with Gasteiger partial charge in [0.15, 0.2) is 0 Å². The van der Waals surface area contributed by atoms with Crippen LogP contribution >= 0.6 is 0 Å². The van der Waals surface area contributed by atoms with Crippen LogP contribution in [0.3, 0.4) is 0 Å². The average molecular weight is 292 g/mol. The Balaban J connectivity index is 1.76. The van der Waals surface area contributed by atoms with E-state index in [1.165, 1.54) is 12.1 Å². The quantitative estimate of drug-likeness (QED) is 0.942. The second-order valence-electron chi connectivity index (χ2n) is 5.51. The Morgan fingerprint density at radius 3 is 2.76 bits per heavy atom. The van der Waals surface area contributed by atoms with Gasteiger partial charge in [0.2, 0.25) is 0 Å². The van der Waals surface area contributed by atoms with Crippen LogP contribution < -0.4 is 5.32 Å². The van der Waals surface area contributed by atoms with Crippen molar-refractivity contribution >= 4 is 0 Å². The van der Waals surface area contributed by atoms with Gasteiger partial charge < -0.3 is 9.88 Å². The molecule has 0 saturated heterocycles. The highest BCUT2D eigenvalue weighted by molar-refractivity contribution is 5.22. The van der Waals surface area contributed by atoms with E-state index in [4.69, 9.17) is 0 Å². The fourth-order valence-electron chi connectivity index (χ4n) is 2.89. The second kappa shape index (κ2) is 5.52. The molecule has 0 fully saturated rings. The molecule has 2 aromatic rings. The minimum absolute atomic E-state index is 0.0520. The van der Waals surface area contributed by atoms with Crippen LogP contribution in [-0.4, -0.2) is 14.8 Å². The van der Waals surface area contributed by atoms with Crippen molar-refractivity contribution in [3.8, 4) is 0 Å². The molecule has 0 aliphatic carbocycles. The third-order valence-electron chi connectivity index (χ3n) is 3.95. The maximum atomic E-state index is 13.8. The molecular formula is C15H18F2N4. The highest BCUT2D eigenvalue weighted by atomic mass is 19.1. The van der Waals surface area contributed by atoms with Gasteiger partial charge in [-0.05, 0) is 26.3 Å². The van der Waals surface area contributed by atoms with Crippen LogP contribution in [0.25, 0.3) is 0 Å². The highest BCUT2D eigenvalue weighted by Crippen LogP contribution is 2.23. The number of nitrogens with zero attached hydrogens (tertiary/aromatic N) is 3. The summed E-state index contributed by atoms with van der Waals surface area (Å²) in [7, 11) is 0. The van der Waals surface area contributed by atoms with Gasteiger partial charge in [0, 0.05) is 30.6 Å². The monoisotopic (exact) mass is 292 g/mol. The molecule has 1 N–H and O–H groups in total. The predicted molar refractivity (Wildman–Crippen MR) is 74.7 cm³/mol. The smallest absolute Gasteiger partial charge is 0.149 e. The van der Waals surface area contributed by atoms with Crippen molar-refractivity contribution < 1.29 is 8.78 Å². The van der Waals surface area contributed by atoms with Gasteiger partial charge in [-0.15, -0.1) is 10.2 Å². The van der Waals surface area contributed by atoms with Crippen molar-refractivity contribution in [2.75, 3.05) is 0 Å². The second-order valence-corrected chi connectivity index (χ2v) is 5.51. The molecule has 0 amide bonds. The zero-order valence-electron chi connectivity index (χ0n) is 12.1. The Morgan fingerprint density at radius 2 is 2.00 bits per heavy atom. The number of aryl methyl sites for hydroxylation is 1. The summed E-state index contributed by atoms with van der Waals surface area (Å²) in [5.41, 5.74) is 0.449. The van der Waals surface area contributed by atoms with Gasteiger partial charge in [0.25, 0.3) is 0 Å². The molecule has 2 unspecified atom stereocenters. The molecular weight excluding hydrogens is 274 g/mol. The summed E-state index contributed by atoms with van der Waals surface area (Å²) < 4.78 is 28.9. The first-order valence-corrected chi connectivity index (χ1v) is 7.19. The lowest BCUT2D eigenvalue weighted by atomic mass is 10.1. The lowest BCUT2D eigenvalue weighted by Crippen LogP contribution is -2.25. The van der Waals surface area contributed by atoms with Crippen molar-refractivity contribution in [3.63, 3.8) is 0 Å². The third-order valence-corrected chi connectivity index (χ3v) is 3.95. The van der Waals surface area contributed by atoms with E-state index in [1.54, 1.807) is 0 Å². The van der Waals surface area contributed by atoms with Gasteiger partial charge >= 0.3 is 0 Å². The Morgan fingerprint density at radius 1 is 1.19 bits per heavy atom. The lowest BCUT2D eigenvalue weighted by molar-refractivity contribution is 0.444. The number of aromatic nitrogens is 3. The molecule has 2 atom stereocenters. The summed E-state index contributed by atoms with van der Waals surface area (Å²) in [4.78, 5) is 0. The maximum Gasteiger partial charge on any atom is 0.149 e. The first-order chi connectivity index (χ1) is 10.1. The Kier molecular flexibility index (Phi) is 3.71. The average Bonchev–Trinajstić information content (AvgIpc) is 3.00. The zero-order valence-corrected chi connectivity index (χ0v) is 12.1. The highest BCUT2D eigenvalue weighted by Gasteiger charge is 2.23. The lowest BCUT2D eigenvalue weighted by Gasteiger charge is -2.20.